The number of rotatable bonds is 5. The lowest BCUT2D eigenvalue weighted by Crippen LogP contribution is -2.19. The highest BCUT2D eigenvalue weighted by atomic mass is 16.1. The Labute approximate surface area is 180 Å². The van der Waals surface area contributed by atoms with Crippen molar-refractivity contribution in [3.8, 4) is 11.3 Å². The van der Waals surface area contributed by atoms with Crippen LogP contribution in [0.3, 0.4) is 0 Å². The number of hydrogen-bond donors (Lipinski definition) is 0. The third kappa shape index (κ3) is 3.69. The minimum absolute atomic E-state index is 0.000379. The fourth-order valence-corrected chi connectivity index (χ4v) is 4.28. The van der Waals surface area contributed by atoms with E-state index in [1.807, 2.05) is 44.3 Å². The average molecular weight is 416 g/mol. The first-order valence-corrected chi connectivity index (χ1v) is 10.6. The normalized spacial score (nSPS) is 14.0. The minimum atomic E-state index is -0.000379. The zero-order valence-electron chi connectivity index (χ0n) is 18.0. The van der Waals surface area contributed by atoms with Gasteiger partial charge in [0.15, 0.2) is 11.4 Å². The van der Waals surface area contributed by atoms with E-state index < -0.39 is 0 Å². The summed E-state index contributed by atoms with van der Waals surface area (Å²) in [5.41, 5.74) is 5.79. The van der Waals surface area contributed by atoms with Crippen molar-refractivity contribution in [3.63, 3.8) is 0 Å². The van der Waals surface area contributed by atoms with Gasteiger partial charge in [0.25, 0.3) is 0 Å². The summed E-state index contributed by atoms with van der Waals surface area (Å²) in [6, 6.07) is 7.88. The maximum atomic E-state index is 13.3. The molecule has 1 saturated heterocycles. The lowest BCUT2D eigenvalue weighted by atomic mass is 10.0. The third-order valence-corrected chi connectivity index (χ3v) is 5.72. The zero-order valence-corrected chi connectivity index (χ0v) is 18.0. The van der Waals surface area contributed by atoms with Crippen LogP contribution in [0.25, 0.3) is 16.9 Å². The summed E-state index contributed by atoms with van der Waals surface area (Å²) >= 11 is 0. The van der Waals surface area contributed by atoms with Crippen LogP contribution in [-0.2, 0) is 13.5 Å². The highest BCUT2D eigenvalue weighted by Gasteiger charge is 2.21. The fourth-order valence-electron chi connectivity index (χ4n) is 4.28. The number of nitrogens with zero attached hydrogens (tertiary/aromatic N) is 7. The molecule has 8 heteroatoms. The molecule has 0 radical (unpaired) electrons. The van der Waals surface area contributed by atoms with E-state index in [0.717, 1.165) is 52.8 Å². The largest absolute Gasteiger partial charge is 0.340 e. The van der Waals surface area contributed by atoms with E-state index in [9.17, 15) is 4.79 Å². The van der Waals surface area contributed by atoms with Crippen molar-refractivity contribution in [1.29, 1.82) is 0 Å². The van der Waals surface area contributed by atoms with Crippen LogP contribution in [-0.4, -0.2) is 48.2 Å². The van der Waals surface area contributed by atoms with E-state index in [4.69, 9.17) is 0 Å². The molecule has 0 spiro atoms. The molecule has 1 fully saturated rings. The highest BCUT2D eigenvalue weighted by molar-refractivity contribution is 6.01. The molecule has 31 heavy (non-hydrogen) atoms. The molecule has 0 aliphatic carbocycles. The molecule has 5 rings (SSSR count). The Morgan fingerprint density at radius 2 is 1.90 bits per heavy atom. The van der Waals surface area contributed by atoms with Crippen LogP contribution in [0.2, 0.25) is 0 Å². The van der Waals surface area contributed by atoms with Crippen molar-refractivity contribution in [2.45, 2.75) is 33.1 Å². The monoisotopic (exact) mass is 415 g/mol. The Morgan fingerprint density at radius 3 is 2.68 bits per heavy atom. The zero-order chi connectivity index (χ0) is 21.5. The van der Waals surface area contributed by atoms with Gasteiger partial charge in [0.1, 0.15) is 5.69 Å². The molecule has 0 amide bonds. The second-order valence-electron chi connectivity index (χ2n) is 8.25. The van der Waals surface area contributed by atoms with Gasteiger partial charge in [0, 0.05) is 44.0 Å². The number of carbonyl (C=O) groups excluding carboxylic acids is 1. The van der Waals surface area contributed by atoms with E-state index in [2.05, 4.69) is 25.1 Å². The van der Waals surface area contributed by atoms with E-state index in [0.29, 0.717) is 5.69 Å². The molecule has 1 aliphatic rings. The molecule has 4 aromatic heterocycles. The average Bonchev–Trinajstić information content (AvgIpc) is 3.46. The molecule has 0 N–H and O–H groups in total. The molecule has 5 heterocycles. The molecule has 4 aromatic rings. The Balaban J connectivity index is 1.44. The number of aromatic nitrogens is 6. The van der Waals surface area contributed by atoms with Gasteiger partial charge in [-0.25, -0.2) is 4.52 Å². The smallest absolute Gasteiger partial charge is 0.245 e. The molecule has 0 atom stereocenters. The Kier molecular flexibility index (Phi) is 4.77. The SMILES string of the molecule is Cc1cc(C)nc(-c2cnn(C)c2C(=O)Cc2ccn3nc(N4CCCC4)nc3c2)c1. The van der Waals surface area contributed by atoms with Crippen molar-refractivity contribution in [3.05, 3.63) is 59.2 Å². The second kappa shape index (κ2) is 7.61. The van der Waals surface area contributed by atoms with Crippen molar-refractivity contribution >= 4 is 17.4 Å². The number of carbonyl (C=O) groups is 1. The molecule has 0 bridgehead atoms. The highest BCUT2D eigenvalue weighted by Crippen LogP contribution is 2.25. The fraction of sp³-hybridized carbons (Fsp3) is 0.348. The summed E-state index contributed by atoms with van der Waals surface area (Å²) in [4.78, 5) is 24.8. The first-order valence-electron chi connectivity index (χ1n) is 10.6. The van der Waals surface area contributed by atoms with E-state index >= 15 is 0 Å². The lowest BCUT2D eigenvalue weighted by Gasteiger charge is -2.10. The molecular weight excluding hydrogens is 390 g/mol. The van der Waals surface area contributed by atoms with E-state index in [-0.39, 0.29) is 12.2 Å². The van der Waals surface area contributed by atoms with Crippen molar-refractivity contribution < 1.29 is 4.79 Å². The van der Waals surface area contributed by atoms with Crippen LogP contribution in [0, 0.1) is 13.8 Å². The van der Waals surface area contributed by atoms with Gasteiger partial charge in [-0.15, -0.1) is 5.10 Å². The van der Waals surface area contributed by atoms with Crippen LogP contribution in [0.15, 0.2) is 36.7 Å². The quantitative estimate of drug-likeness (QED) is 0.466. The van der Waals surface area contributed by atoms with Crippen LogP contribution in [0.1, 0.15) is 40.2 Å². The summed E-state index contributed by atoms with van der Waals surface area (Å²) in [6.07, 6.45) is 6.22. The molecule has 8 nitrogen and oxygen atoms in total. The predicted octanol–water partition coefficient (Wildman–Crippen LogP) is 3.17. The van der Waals surface area contributed by atoms with Gasteiger partial charge in [-0.3, -0.25) is 14.5 Å². The maximum absolute atomic E-state index is 13.3. The Morgan fingerprint density at radius 1 is 1.10 bits per heavy atom. The Bertz CT molecular complexity index is 1260. The predicted molar refractivity (Wildman–Crippen MR) is 118 cm³/mol. The van der Waals surface area contributed by atoms with Crippen LogP contribution in [0.4, 0.5) is 5.95 Å². The summed E-state index contributed by atoms with van der Waals surface area (Å²) in [6.45, 7) is 5.98. The molecule has 0 saturated carbocycles. The number of anilines is 1. The van der Waals surface area contributed by atoms with E-state index in [1.165, 1.54) is 12.8 Å². The number of pyridine rings is 2. The third-order valence-electron chi connectivity index (χ3n) is 5.72. The molecule has 0 unspecified atom stereocenters. The van der Waals surface area contributed by atoms with Gasteiger partial charge in [-0.1, -0.05) is 0 Å². The number of hydrogen-bond acceptors (Lipinski definition) is 6. The first-order chi connectivity index (χ1) is 15.0. The van der Waals surface area contributed by atoms with Crippen molar-refractivity contribution in [2.75, 3.05) is 18.0 Å². The standard InChI is InChI=1S/C23H25N7O/c1-15-10-16(2)25-19(11-15)18-14-24-28(3)22(18)20(31)12-17-6-9-30-21(13-17)26-23(27-30)29-7-4-5-8-29/h6,9-11,13-14H,4-5,7-8,12H2,1-3H3. The van der Waals surface area contributed by atoms with Crippen molar-refractivity contribution in [2.24, 2.45) is 7.05 Å². The number of aryl methyl sites for hydroxylation is 3. The van der Waals surface area contributed by atoms with Crippen LogP contribution >= 0.6 is 0 Å². The molecule has 0 aromatic carbocycles. The number of fused-ring (bicyclic) bond motifs is 1. The van der Waals surface area contributed by atoms with Gasteiger partial charge >= 0.3 is 0 Å². The molecule has 158 valence electrons. The van der Waals surface area contributed by atoms with Gasteiger partial charge in [-0.2, -0.15) is 10.1 Å². The first kappa shape index (κ1) is 19.4. The van der Waals surface area contributed by atoms with Gasteiger partial charge < -0.3 is 4.90 Å². The number of ketones is 1. The number of Topliss-reactive ketones (excluding diaryl/α,β-unsaturated/α-hetero) is 1. The van der Waals surface area contributed by atoms with Gasteiger partial charge in [0.2, 0.25) is 5.95 Å². The van der Waals surface area contributed by atoms with E-state index in [1.54, 1.807) is 22.4 Å². The lowest BCUT2D eigenvalue weighted by molar-refractivity contribution is 0.0984. The summed E-state index contributed by atoms with van der Waals surface area (Å²) < 4.78 is 3.41. The minimum Gasteiger partial charge on any atom is -0.340 e. The van der Waals surface area contributed by atoms with Gasteiger partial charge in [-0.05, 0) is 62.1 Å². The molecular formula is C23H25N7O. The maximum Gasteiger partial charge on any atom is 0.245 e. The van der Waals surface area contributed by atoms with Crippen molar-refractivity contribution in [1.82, 2.24) is 29.4 Å². The summed E-state index contributed by atoms with van der Waals surface area (Å²) in [5.74, 6) is 0.760. The Hall–Kier alpha value is -3.55. The molecule has 1 aliphatic heterocycles. The van der Waals surface area contributed by atoms with Crippen LogP contribution in [0.5, 0.6) is 0 Å². The summed E-state index contributed by atoms with van der Waals surface area (Å²) in [5, 5.41) is 8.91. The summed E-state index contributed by atoms with van der Waals surface area (Å²) in [7, 11) is 1.80. The topological polar surface area (TPSA) is 81.2 Å². The second-order valence-corrected chi connectivity index (χ2v) is 8.25. The van der Waals surface area contributed by atoms with Gasteiger partial charge in [0.05, 0.1) is 11.9 Å². The van der Waals surface area contributed by atoms with Crippen LogP contribution < -0.4 is 4.90 Å².